The highest BCUT2D eigenvalue weighted by atomic mass is 35.5. The average Bonchev–Trinajstić information content (AvgIpc) is 1.89. The van der Waals surface area contributed by atoms with E-state index in [1.54, 1.807) is 13.8 Å². The minimum Gasteiger partial charge on any atom is -0.481 e. The van der Waals surface area contributed by atoms with Gasteiger partial charge in [0.1, 0.15) is 0 Å². The lowest BCUT2D eigenvalue weighted by Crippen LogP contribution is -2.25. The highest BCUT2D eigenvalue weighted by Crippen LogP contribution is 2.29. The van der Waals surface area contributed by atoms with Gasteiger partial charge in [0.2, 0.25) is 0 Å². The standard InChI is InChI=1S/C8H13ClO2/c1-4-6(5-9)8(2,3)7(10)11/h5H,4H2,1-3H3,(H,10,11). The van der Waals surface area contributed by atoms with Crippen molar-refractivity contribution in [3.8, 4) is 0 Å². The maximum atomic E-state index is 10.7. The fraction of sp³-hybridized carbons (Fsp3) is 0.625. The van der Waals surface area contributed by atoms with Crippen LogP contribution in [0.25, 0.3) is 0 Å². The molecule has 0 aromatic rings. The molecule has 0 heterocycles. The van der Waals surface area contributed by atoms with Gasteiger partial charge in [-0.3, -0.25) is 4.79 Å². The van der Waals surface area contributed by atoms with Crippen molar-refractivity contribution in [1.29, 1.82) is 0 Å². The van der Waals surface area contributed by atoms with Gasteiger partial charge in [0.05, 0.1) is 5.41 Å². The molecule has 11 heavy (non-hydrogen) atoms. The number of carboxylic acid groups (broad SMARTS) is 1. The SMILES string of the molecule is CCC(=CCl)C(C)(C)C(=O)O. The van der Waals surface area contributed by atoms with E-state index >= 15 is 0 Å². The third kappa shape index (κ3) is 2.22. The van der Waals surface area contributed by atoms with Gasteiger partial charge in [-0.15, -0.1) is 0 Å². The molecule has 0 aromatic heterocycles. The second kappa shape index (κ2) is 3.77. The van der Waals surface area contributed by atoms with Gasteiger partial charge >= 0.3 is 5.97 Å². The molecule has 0 radical (unpaired) electrons. The zero-order valence-corrected chi connectivity index (χ0v) is 7.77. The third-order valence-electron chi connectivity index (χ3n) is 1.85. The van der Waals surface area contributed by atoms with Crippen molar-refractivity contribution in [1.82, 2.24) is 0 Å². The average molecular weight is 177 g/mol. The van der Waals surface area contributed by atoms with Crippen LogP contribution in [0.5, 0.6) is 0 Å². The lowest BCUT2D eigenvalue weighted by molar-refractivity contribution is -0.144. The molecule has 2 nitrogen and oxygen atoms in total. The van der Waals surface area contributed by atoms with Gasteiger partial charge in [0.15, 0.2) is 0 Å². The van der Waals surface area contributed by atoms with Gasteiger partial charge in [-0.2, -0.15) is 0 Å². The Morgan fingerprint density at radius 1 is 1.64 bits per heavy atom. The van der Waals surface area contributed by atoms with Gasteiger partial charge < -0.3 is 5.11 Å². The number of rotatable bonds is 3. The smallest absolute Gasteiger partial charge is 0.313 e. The van der Waals surface area contributed by atoms with Crippen molar-refractivity contribution in [3.05, 3.63) is 11.1 Å². The van der Waals surface area contributed by atoms with Crippen molar-refractivity contribution < 1.29 is 9.90 Å². The molecule has 0 bridgehead atoms. The fourth-order valence-corrected chi connectivity index (χ4v) is 1.22. The van der Waals surface area contributed by atoms with Crippen LogP contribution >= 0.6 is 11.6 Å². The molecular weight excluding hydrogens is 164 g/mol. The maximum absolute atomic E-state index is 10.7. The Kier molecular flexibility index (Phi) is 3.59. The highest BCUT2D eigenvalue weighted by Gasteiger charge is 2.30. The Bertz CT molecular complexity index is 183. The Labute approximate surface area is 71.9 Å². The second-order valence-corrected chi connectivity index (χ2v) is 3.14. The van der Waals surface area contributed by atoms with Crippen molar-refractivity contribution in [2.45, 2.75) is 27.2 Å². The molecule has 0 unspecified atom stereocenters. The summed E-state index contributed by atoms with van der Waals surface area (Å²) in [6.45, 7) is 5.18. The van der Waals surface area contributed by atoms with E-state index < -0.39 is 11.4 Å². The molecule has 0 saturated carbocycles. The quantitative estimate of drug-likeness (QED) is 0.718. The lowest BCUT2D eigenvalue weighted by atomic mass is 9.84. The van der Waals surface area contributed by atoms with Crippen molar-refractivity contribution in [2.75, 3.05) is 0 Å². The lowest BCUT2D eigenvalue weighted by Gasteiger charge is -2.21. The topological polar surface area (TPSA) is 37.3 Å². The Hall–Kier alpha value is -0.500. The van der Waals surface area contributed by atoms with Crippen molar-refractivity contribution >= 4 is 17.6 Å². The summed E-state index contributed by atoms with van der Waals surface area (Å²) in [7, 11) is 0. The predicted octanol–water partition coefficient (Wildman–Crippen LogP) is 2.63. The molecule has 3 heteroatoms. The molecule has 0 aromatic carbocycles. The van der Waals surface area contributed by atoms with Crippen LogP contribution in [0.4, 0.5) is 0 Å². The van der Waals surface area contributed by atoms with Gasteiger partial charge in [-0.05, 0) is 25.8 Å². The van der Waals surface area contributed by atoms with Crippen LogP contribution in [-0.4, -0.2) is 11.1 Å². The molecule has 0 spiro atoms. The van der Waals surface area contributed by atoms with E-state index in [0.717, 1.165) is 5.57 Å². The predicted molar refractivity (Wildman–Crippen MR) is 45.6 cm³/mol. The van der Waals surface area contributed by atoms with Gasteiger partial charge in [0, 0.05) is 5.54 Å². The number of aliphatic carboxylic acids is 1. The summed E-state index contributed by atoms with van der Waals surface area (Å²) in [5, 5.41) is 8.77. The molecule has 1 N–H and O–H groups in total. The Morgan fingerprint density at radius 3 is 2.18 bits per heavy atom. The van der Waals surface area contributed by atoms with E-state index in [0.29, 0.717) is 6.42 Å². The molecule has 0 fully saturated rings. The minimum absolute atomic E-state index is 0.669. The molecule has 0 atom stereocenters. The maximum Gasteiger partial charge on any atom is 0.313 e. The first-order valence-electron chi connectivity index (χ1n) is 3.50. The van der Waals surface area contributed by atoms with Crippen LogP contribution < -0.4 is 0 Å². The van der Waals surface area contributed by atoms with Crippen LogP contribution in [0.3, 0.4) is 0 Å². The van der Waals surface area contributed by atoms with Crippen LogP contribution in [0.1, 0.15) is 27.2 Å². The first-order chi connectivity index (χ1) is 4.96. The molecular formula is C8H13ClO2. The molecule has 0 aliphatic carbocycles. The van der Waals surface area contributed by atoms with Crippen molar-refractivity contribution in [3.63, 3.8) is 0 Å². The molecule has 0 saturated heterocycles. The zero-order chi connectivity index (χ0) is 9.07. The number of hydrogen-bond donors (Lipinski definition) is 1. The highest BCUT2D eigenvalue weighted by molar-refractivity contribution is 6.25. The van der Waals surface area contributed by atoms with Gasteiger partial charge in [-0.25, -0.2) is 0 Å². The van der Waals surface area contributed by atoms with Gasteiger partial charge in [0.25, 0.3) is 0 Å². The van der Waals surface area contributed by atoms with E-state index in [4.69, 9.17) is 16.7 Å². The number of hydrogen-bond acceptors (Lipinski definition) is 1. The minimum atomic E-state index is -0.841. The number of carboxylic acids is 1. The van der Waals surface area contributed by atoms with E-state index in [1.165, 1.54) is 5.54 Å². The van der Waals surface area contributed by atoms with Crippen LogP contribution in [0.2, 0.25) is 0 Å². The van der Waals surface area contributed by atoms with E-state index in [2.05, 4.69) is 0 Å². The first-order valence-corrected chi connectivity index (χ1v) is 3.93. The van der Waals surface area contributed by atoms with E-state index in [1.807, 2.05) is 6.92 Å². The van der Waals surface area contributed by atoms with Crippen LogP contribution in [0, 0.1) is 5.41 Å². The molecule has 0 rings (SSSR count). The summed E-state index contributed by atoms with van der Waals surface area (Å²) in [5.41, 5.74) is 1.26. The monoisotopic (exact) mass is 176 g/mol. The van der Waals surface area contributed by atoms with Crippen LogP contribution in [0.15, 0.2) is 11.1 Å². The van der Waals surface area contributed by atoms with E-state index in [9.17, 15) is 4.79 Å². The molecule has 0 aliphatic heterocycles. The van der Waals surface area contributed by atoms with Gasteiger partial charge in [-0.1, -0.05) is 18.5 Å². The Morgan fingerprint density at radius 2 is 2.09 bits per heavy atom. The molecule has 0 amide bonds. The summed E-state index contributed by atoms with van der Waals surface area (Å²) >= 11 is 5.47. The second-order valence-electron chi connectivity index (χ2n) is 2.92. The Balaban J connectivity index is 4.66. The van der Waals surface area contributed by atoms with E-state index in [-0.39, 0.29) is 0 Å². The largest absolute Gasteiger partial charge is 0.481 e. The summed E-state index contributed by atoms with van der Waals surface area (Å²) in [5.74, 6) is -0.841. The normalized spacial score (nSPS) is 13.3. The summed E-state index contributed by atoms with van der Waals surface area (Å²) < 4.78 is 0. The number of carbonyl (C=O) groups is 1. The third-order valence-corrected chi connectivity index (χ3v) is 2.11. The molecule has 64 valence electrons. The molecule has 0 aliphatic rings. The summed E-state index contributed by atoms with van der Waals surface area (Å²) in [6.07, 6.45) is 0.669. The summed E-state index contributed by atoms with van der Waals surface area (Å²) in [4.78, 5) is 10.7. The van der Waals surface area contributed by atoms with Crippen LogP contribution in [-0.2, 0) is 4.79 Å². The number of halogens is 1. The summed E-state index contributed by atoms with van der Waals surface area (Å²) in [6, 6.07) is 0. The first kappa shape index (κ1) is 10.5. The fourth-order valence-electron chi connectivity index (χ4n) is 0.793. The zero-order valence-electron chi connectivity index (χ0n) is 7.02. The van der Waals surface area contributed by atoms with Crippen molar-refractivity contribution in [2.24, 2.45) is 5.41 Å².